The van der Waals surface area contributed by atoms with Gasteiger partial charge in [0.1, 0.15) is 11.6 Å². The highest BCUT2D eigenvalue weighted by atomic mass is 16.3. The van der Waals surface area contributed by atoms with E-state index in [1.165, 1.54) is 16.8 Å². The van der Waals surface area contributed by atoms with E-state index in [4.69, 9.17) is 0 Å². The van der Waals surface area contributed by atoms with E-state index in [0.717, 1.165) is 24.2 Å². The lowest BCUT2D eigenvalue weighted by Crippen LogP contribution is -2.38. The number of piperidine rings is 1. The van der Waals surface area contributed by atoms with E-state index in [1.807, 2.05) is 35.2 Å². The van der Waals surface area contributed by atoms with Gasteiger partial charge in [0.2, 0.25) is 0 Å². The van der Waals surface area contributed by atoms with Crippen molar-refractivity contribution in [2.24, 2.45) is 7.05 Å². The molecule has 1 amide bonds. The molecule has 2 heterocycles. The number of hydrogen-bond acceptors (Lipinski definition) is 4. The van der Waals surface area contributed by atoms with Gasteiger partial charge in [0, 0.05) is 31.6 Å². The number of likely N-dealkylation sites (tertiary alicyclic amines) is 1. The number of phenols is 1. The quantitative estimate of drug-likeness (QED) is 0.739. The van der Waals surface area contributed by atoms with E-state index in [0.29, 0.717) is 25.2 Å². The van der Waals surface area contributed by atoms with Crippen LogP contribution in [0.25, 0.3) is 0 Å². The minimum absolute atomic E-state index is 0.0360. The van der Waals surface area contributed by atoms with Crippen molar-refractivity contribution >= 4 is 5.91 Å². The molecule has 1 saturated heterocycles. The van der Waals surface area contributed by atoms with Crippen LogP contribution >= 0.6 is 0 Å². The van der Waals surface area contributed by atoms with Gasteiger partial charge in [-0.2, -0.15) is 5.10 Å². The van der Waals surface area contributed by atoms with Gasteiger partial charge in [-0.1, -0.05) is 30.3 Å². The molecule has 0 radical (unpaired) electrons. The van der Waals surface area contributed by atoms with E-state index < -0.39 is 0 Å². The summed E-state index contributed by atoms with van der Waals surface area (Å²) in [5.41, 5.74) is 1.51. The van der Waals surface area contributed by atoms with Crippen molar-refractivity contribution in [3.8, 4) is 5.75 Å². The molecule has 2 aromatic carbocycles. The van der Waals surface area contributed by atoms with Crippen molar-refractivity contribution in [3.63, 3.8) is 0 Å². The molecule has 29 heavy (non-hydrogen) atoms. The number of nitrogens with zero attached hydrogens (tertiary/aromatic N) is 4. The highest BCUT2D eigenvalue weighted by Crippen LogP contribution is 2.27. The first-order valence-corrected chi connectivity index (χ1v) is 9.79. The maximum atomic E-state index is 12.7. The summed E-state index contributed by atoms with van der Waals surface area (Å²) in [7, 11) is 1.68. The minimum atomic E-state index is -0.119. The van der Waals surface area contributed by atoms with Crippen molar-refractivity contribution in [3.05, 3.63) is 82.0 Å². The molecule has 0 spiro atoms. The van der Waals surface area contributed by atoms with Crippen molar-refractivity contribution in [2.45, 2.75) is 25.3 Å². The van der Waals surface area contributed by atoms with Crippen LogP contribution in [0.2, 0.25) is 0 Å². The first-order chi connectivity index (χ1) is 14.0. The molecule has 0 aliphatic carbocycles. The van der Waals surface area contributed by atoms with Crippen LogP contribution in [0.4, 0.5) is 0 Å². The number of benzene rings is 2. The smallest absolute Gasteiger partial charge is 0.345 e. The Morgan fingerprint density at radius 1 is 1.07 bits per heavy atom. The summed E-state index contributed by atoms with van der Waals surface area (Å²) in [4.78, 5) is 27.1. The van der Waals surface area contributed by atoms with Gasteiger partial charge in [-0.05, 0) is 42.7 Å². The Bertz CT molecular complexity index is 1050. The van der Waals surface area contributed by atoms with Crippen molar-refractivity contribution in [1.82, 2.24) is 19.2 Å². The summed E-state index contributed by atoms with van der Waals surface area (Å²) in [5.74, 6) is 1.03. The molecule has 7 nitrogen and oxygen atoms in total. The molecule has 0 saturated carbocycles. The van der Waals surface area contributed by atoms with Gasteiger partial charge in [-0.25, -0.2) is 9.48 Å². The summed E-state index contributed by atoms with van der Waals surface area (Å²) in [6.45, 7) is 1.72. The number of carbonyl (C=O) groups is 1. The average molecular weight is 392 g/mol. The number of hydrogen-bond donors (Lipinski definition) is 1. The van der Waals surface area contributed by atoms with Crippen LogP contribution in [0.5, 0.6) is 5.75 Å². The van der Waals surface area contributed by atoms with Gasteiger partial charge >= 0.3 is 5.69 Å². The molecule has 150 valence electrons. The van der Waals surface area contributed by atoms with Crippen LogP contribution in [-0.4, -0.2) is 43.4 Å². The number of amides is 1. The fraction of sp³-hybridized carbons (Fsp3) is 0.318. The number of rotatable bonds is 4. The number of aromatic hydroxyl groups is 1. The molecule has 1 aliphatic rings. The lowest BCUT2D eigenvalue weighted by Gasteiger charge is -2.31. The van der Waals surface area contributed by atoms with Gasteiger partial charge in [0.25, 0.3) is 5.91 Å². The number of phenolic OH excluding ortho intramolecular Hbond substituents is 1. The fourth-order valence-corrected chi connectivity index (χ4v) is 3.87. The van der Waals surface area contributed by atoms with E-state index in [9.17, 15) is 14.7 Å². The largest absolute Gasteiger partial charge is 0.508 e. The van der Waals surface area contributed by atoms with Gasteiger partial charge in [-0.15, -0.1) is 0 Å². The lowest BCUT2D eigenvalue weighted by atomic mass is 9.95. The summed E-state index contributed by atoms with van der Waals surface area (Å²) in [6, 6.07) is 16.2. The zero-order valence-electron chi connectivity index (χ0n) is 16.4. The zero-order valence-corrected chi connectivity index (χ0v) is 16.4. The topological polar surface area (TPSA) is 80.4 Å². The predicted octanol–water partition coefficient (Wildman–Crippen LogP) is 2.36. The van der Waals surface area contributed by atoms with Crippen molar-refractivity contribution in [1.29, 1.82) is 0 Å². The Morgan fingerprint density at radius 2 is 1.72 bits per heavy atom. The molecule has 1 fully saturated rings. The highest BCUT2D eigenvalue weighted by Gasteiger charge is 2.28. The van der Waals surface area contributed by atoms with Crippen LogP contribution in [0, 0.1) is 0 Å². The Kier molecular flexibility index (Phi) is 5.20. The van der Waals surface area contributed by atoms with E-state index in [-0.39, 0.29) is 23.3 Å². The lowest BCUT2D eigenvalue weighted by molar-refractivity contribution is 0.0710. The molecule has 3 aromatic rings. The molecular formula is C22H24N4O3. The Hall–Kier alpha value is -3.35. The predicted molar refractivity (Wildman–Crippen MR) is 109 cm³/mol. The van der Waals surface area contributed by atoms with Gasteiger partial charge in [0.05, 0.1) is 6.54 Å². The molecule has 4 rings (SSSR count). The molecule has 1 N–H and O–H groups in total. The average Bonchev–Trinajstić information content (AvgIpc) is 3.03. The highest BCUT2D eigenvalue weighted by molar-refractivity contribution is 5.94. The Balaban J connectivity index is 1.49. The summed E-state index contributed by atoms with van der Waals surface area (Å²) in [5, 5.41) is 13.9. The maximum Gasteiger partial charge on any atom is 0.345 e. The Labute approximate surface area is 168 Å². The maximum absolute atomic E-state index is 12.7. The molecule has 1 aliphatic heterocycles. The molecule has 0 unspecified atom stereocenters. The SMILES string of the molecule is Cn1nc(C2CCN(C(=O)c3ccc(O)cc3)CC2)n(Cc2ccccc2)c1=O. The minimum Gasteiger partial charge on any atom is -0.508 e. The third-order valence-corrected chi connectivity index (χ3v) is 5.48. The molecule has 0 bridgehead atoms. The third kappa shape index (κ3) is 3.94. The standard InChI is InChI=1S/C22H24N4O3/c1-24-22(29)26(15-16-5-3-2-4-6-16)20(23-24)17-11-13-25(14-12-17)21(28)18-7-9-19(27)10-8-18/h2-10,17,27H,11-15H2,1H3. The van der Waals surface area contributed by atoms with Gasteiger partial charge in [0.15, 0.2) is 0 Å². The second-order valence-corrected chi connectivity index (χ2v) is 7.45. The van der Waals surface area contributed by atoms with Crippen LogP contribution in [-0.2, 0) is 13.6 Å². The number of aryl methyl sites for hydroxylation is 1. The summed E-state index contributed by atoms with van der Waals surface area (Å²) >= 11 is 0. The first kappa shape index (κ1) is 19.0. The van der Waals surface area contributed by atoms with Crippen LogP contribution < -0.4 is 5.69 Å². The van der Waals surface area contributed by atoms with Crippen molar-refractivity contribution < 1.29 is 9.90 Å². The number of aromatic nitrogens is 3. The molecule has 0 atom stereocenters. The second-order valence-electron chi connectivity index (χ2n) is 7.45. The molecule has 7 heteroatoms. The molecular weight excluding hydrogens is 368 g/mol. The van der Waals surface area contributed by atoms with E-state index in [2.05, 4.69) is 5.10 Å². The van der Waals surface area contributed by atoms with Crippen LogP contribution in [0.1, 0.15) is 40.5 Å². The number of carbonyl (C=O) groups excluding carboxylic acids is 1. The van der Waals surface area contributed by atoms with Crippen LogP contribution in [0.15, 0.2) is 59.4 Å². The third-order valence-electron chi connectivity index (χ3n) is 5.48. The van der Waals surface area contributed by atoms with E-state index >= 15 is 0 Å². The Morgan fingerprint density at radius 3 is 2.38 bits per heavy atom. The fourth-order valence-electron chi connectivity index (χ4n) is 3.87. The van der Waals surface area contributed by atoms with Crippen LogP contribution in [0.3, 0.4) is 0 Å². The normalized spacial score (nSPS) is 14.9. The summed E-state index contributed by atoms with van der Waals surface area (Å²) < 4.78 is 3.14. The monoisotopic (exact) mass is 392 g/mol. The van der Waals surface area contributed by atoms with E-state index in [1.54, 1.807) is 23.7 Å². The first-order valence-electron chi connectivity index (χ1n) is 9.79. The molecule has 1 aromatic heterocycles. The second kappa shape index (κ2) is 7.95. The summed E-state index contributed by atoms with van der Waals surface area (Å²) in [6.07, 6.45) is 1.52. The van der Waals surface area contributed by atoms with Gasteiger partial charge < -0.3 is 10.0 Å². The zero-order chi connectivity index (χ0) is 20.4. The van der Waals surface area contributed by atoms with Gasteiger partial charge in [-0.3, -0.25) is 9.36 Å². The van der Waals surface area contributed by atoms with Crippen molar-refractivity contribution in [2.75, 3.05) is 13.1 Å².